The predicted molar refractivity (Wildman–Crippen MR) is 61.8 cm³/mol. The van der Waals surface area contributed by atoms with E-state index in [4.69, 9.17) is 9.84 Å². The van der Waals surface area contributed by atoms with Gasteiger partial charge in [0.2, 0.25) is 0 Å². The molecule has 0 bridgehead atoms. The number of nitrogens with one attached hydrogen (secondary N) is 1. The topological polar surface area (TPSA) is 58.6 Å². The highest BCUT2D eigenvalue weighted by Crippen LogP contribution is 2.15. The molecule has 0 aromatic heterocycles. The van der Waals surface area contributed by atoms with Gasteiger partial charge in [-0.25, -0.2) is 0 Å². The molecule has 0 aliphatic carbocycles. The number of para-hydroxylation sites is 1. The Morgan fingerprint density at radius 2 is 2.19 bits per heavy atom. The molecule has 16 heavy (non-hydrogen) atoms. The number of hydrogen-bond donors (Lipinski definition) is 2. The molecule has 0 saturated heterocycles. The number of hydrogen-bond acceptors (Lipinski definition) is 3. The first-order chi connectivity index (χ1) is 7.61. The normalized spacial score (nSPS) is 12.1. The molecule has 1 atom stereocenters. The fourth-order valence-electron chi connectivity index (χ4n) is 1.24. The lowest BCUT2D eigenvalue weighted by atomic mass is 10.2. The molecule has 1 unspecified atom stereocenters. The lowest BCUT2D eigenvalue weighted by Crippen LogP contribution is -2.36. The molecule has 0 aliphatic heterocycles. The predicted octanol–water partition coefficient (Wildman–Crippen LogP) is 1.44. The highest BCUT2D eigenvalue weighted by molar-refractivity contribution is 5.72. The van der Waals surface area contributed by atoms with Crippen LogP contribution in [0, 0.1) is 6.92 Å². The Hall–Kier alpha value is -1.55. The fourth-order valence-corrected chi connectivity index (χ4v) is 1.24. The summed E-state index contributed by atoms with van der Waals surface area (Å²) in [5.41, 5.74) is 1.08. The first-order valence-corrected chi connectivity index (χ1v) is 5.26. The Morgan fingerprint density at radius 1 is 1.50 bits per heavy atom. The summed E-state index contributed by atoms with van der Waals surface area (Å²) in [5.74, 6) is -0.0110. The van der Waals surface area contributed by atoms with Crippen LogP contribution in [0.4, 0.5) is 0 Å². The number of aryl methyl sites for hydroxylation is 1. The molecule has 1 aromatic rings. The zero-order valence-electron chi connectivity index (χ0n) is 9.56. The van der Waals surface area contributed by atoms with Crippen LogP contribution in [0.3, 0.4) is 0 Å². The van der Waals surface area contributed by atoms with Crippen molar-refractivity contribution in [3.63, 3.8) is 0 Å². The summed E-state index contributed by atoms with van der Waals surface area (Å²) in [6.07, 6.45) is 0. The lowest BCUT2D eigenvalue weighted by Gasteiger charge is -2.11. The Morgan fingerprint density at radius 3 is 2.81 bits per heavy atom. The SMILES string of the molecule is Cc1ccccc1OCCNC(C)C(=O)O. The van der Waals surface area contributed by atoms with E-state index in [0.717, 1.165) is 11.3 Å². The van der Waals surface area contributed by atoms with E-state index < -0.39 is 12.0 Å². The molecule has 1 aromatic carbocycles. The van der Waals surface area contributed by atoms with Crippen molar-refractivity contribution in [3.8, 4) is 5.75 Å². The number of rotatable bonds is 6. The van der Waals surface area contributed by atoms with Gasteiger partial charge in [0.05, 0.1) is 0 Å². The molecular formula is C12H17NO3. The number of carboxylic acid groups (broad SMARTS) is 1. The van der Waals surface area contributed by atoms with E-state index in [1.807, 2.05) is 31.2 Å². The maximum Gasteiger partial charge on any atom is 0.320 e. The van der Waals surface area contributed by atoms with E-state index in [1.165, 1.54) is 0 Å². The molecule has 1 rings (SSSR count). The van der Waals surface area contributed by atoms with Gasteiger partial charge in [0.15, 0.2) is 0 Å². The maximum absolute atomic E-state index is 10.5. The van der Waals surface area contributed by atoms with Crippen LogP contribution in [0.25, 0.3) is 0 Å². The van der Waals surface area contributed by atoms with Crippen molar-refractivity contribution in [2.75, 3.05) is 13.2 Å². The molecule has 0 amide bonds. The molecule has 0 heterocycles. The summed E-state index contributed by atoms with van der Waals surface area (Å²) in [6.45, 7) is 4.56. The summed E-state index contributed by atoms with van der Waals surface area (Å²) in [4.78, 5) is 10.5. The average Bonchev–Trinajstić information content (AvgIpc) is 2.26. The summed E-state index contributed by atoms with van der Waals surface area (Å²) >= 11 is 0. The van der Waals surface area contributed by atoms with Crippen LogP contribution in [0.5, 0.6) is 5.75 Å². The first-order valence-electron chi connectivity index (χ1n) is 5.26. The monoisotopic (exact) mass is 223 g/mol. The molecule has 0 fully saturated rings. The van der Waals surface area contributed by atoms with Crippen LogP contribution in [0.2, 0.25) is 0 Å². The minimum absolute atomic E-state index is 0.461. The van der Waals surface area contributed by atoms with Gasteiger partial charge in [-0.1, -0.05) is 18.2 Å². The Labute approximate surface area is 95.2 Å². The van der Waals surface area contributed by atoms with Crippen LogP contribution in [0.1, 0.15) is 12.5 Å². The highest BCUT2D eigenvalue weighted by atomic mass is 16.5. The van der Waals surface area contributed by atoms with Gasteiger partial charge in [0.1, 0.15) is 18.4 Å². The maximum atomic E-state index is 10.5. The number of aliphatic carboxylic acids is 1. The van der Waals surface area contributed by atoms with E-state index >= 15 is 0 Å². The van der Waals surface area contributed by atoms with Gasteiger partial charge in [-0.05, 0) is 25.5 Å². The van der Waals surface area contributed by atoms with Crippen molar-refractivity contribution in [1.29, 1.82) is 0 Å². The second-order valence-corrected chi connectivity index (χ2v) is 3.63. The van der Waals surface area contributed by atoms with Gasteiger partial charge in [-0.2, -0.15) is 0 Å². The minimum atomic E-state index is -0.851. The van der Waals surface area contributed by atoms with Crippen LogP contribution >= 0.6 is 0 Å². The summed E-state index contributed by atoms with van der Waals surface area (Å²) < 4.78 is 5.51. The van der Waals surface area contributed by atoms with E-state index in [2.05, 4.69) is 5.32 Å². The van der Waals surface area contributed by atoms with E-state index in [-0.39, 0.29) is 0 Å². The van der Waals surface area contributed by atoms with E-state index in [0.29, 0.717) is 13.2 Å². The van der Waals surface area contributed by atoms with Gasteiger partial charge in [0, 0.05) is 6.54 Å². The minimum Gasteiger partial charge on any atom is -0.492 e. The van der Waals surface area contributed by atoms with Gasteiger partial charge in [-0.3, -0.25) is 4.79 Å². The molecule has 88 valence electrons. The average molecular weight is 223 g/mol. The van der Waals surface area contributed by atoms with Crippen LogP contribution < -0.4 is 10.1 Å². The Balaban J connectivity index is 2.26. The second kappa shape index (κ2) is 6.12. The highest BCUT2D eigenvalue weighted by Gasteiger charge is 2.08. The summed E-state index contributed by atoms with van der Waals surface area (Å²) in [5, 5.41) is 11.5. The number of benzene rings is 1. The Bertz CT molecular complexity index is 352. The van der Waals surface area contributed by atoms with Crippen molar-refractivity contribution in [2.24, 2.45) is 0 Å². The standard InChI is InChI=1S/C12H17NO3/c1-9-5-3-4-6-11(9)16-8-7-13-10(2)12(14)15/h3-6,10,13H,7-8H2,1-2H3,(H,14,15). The first kappa shape index (κ1) is 12.5. The van der Waals surface area contributed by atoms with Gasteiger partial charge >= 0.3 is 5.97 Å². The molecule has 4 heteroatoms. The number of carbonyl (C=O) groups is 1. The summed E-state index contributed by atoms with van der Waals surface area (Å²) in [7, 11) is 0. The third kappa shape index (κ3) is 3.90. The lowest BCUT2D eigenvalue weighted by molar-refractivity contribution is -0.139. The van der Waals surface area contributed by atoms with Crippen molar-refractivity contribution in [2.45, 2.75) is 19.9 Å². The van der Waals surface area contributed by atoms with Crippen LogP contribution in [0.15, 0.2) is 24.3 Å². The Kier molecular flexibility index (Phi) is 4.79. The zero-order chi connectivity index (χ0) is 12.0. The molecule has 0 spiro atoms. The largest absolute Gasteiger partial charge is 0.492 e. The number of carboxylic acids is 1. The molecule has 0 aliphatic rings. The third-order valence-electron chi connectivity index (χ3n) is 2.27. The van der Waals surface area contributed by atoms with Gasteiger partial charge in [-0.15, -0.1) is 0 Å². The molecular weight excluding hydrogens is 206 g/mol. The zero-order valence-corrected chi connectivity index (χ0v) is 9.56. The van der Waals surface area contributed by atoms with Crippen molar-refractivity contribution in [1.82, 2.24) is 5.32 Å². The smallest absolute Gasteiger partial charge is 0.320 e. The molecule has 0 radical (unpaired) electrons. The molecule has 0 saturated carbocycles. The molecule has 4 nitrogen and oxygen atoms in total. The van der Waals surface area contributed by atoms with Crippen LogP contribution in [-0.2, 0) is 4.79 Å². The van der Waals surface area contributed by atoms with Gasteiger partial charge < -0.3 is 15.2 Å². The number of ether oxygens (including phenoxy) is 1. The van der Waals surface area contributed by atoms with Crippen molar-refractivity contribution >= 4 is 5.97 Å². The fraction of sp³-hybridized carbons (Fsp3) is 0.417. The van der Waals surface area contributed by atoms with E-state index in [9.17, 15) is 4.79 Å². The van der Waals surface area contributed by atoms with Gasteiger partial charge in [0.25, 0.3) is 0 Å². The summed E-state index contributed by atoms with van der Waals surface area (Å²) in [6, 6.07) is 7.20. The second-order valence-electron chi connectivity index (χ2n) is 3.63. The van der Waals surface area contributed by atoms with Crippen molar-refractivity contribution in [3.05, 3.63) is 29.8 Å². The molecule has 2 N–H and O–H groups in total. The third-order valence-corrected chi connectivity index (χ3v) is 2.27. The van der Waals surface area contributed by atoms with Crippen molar-refractivity contribution < 1.29 is 14.6 Å². The quantitative estimate of drug-likeness (QED) is 0.716. The van der Waals surface area contributed by atoms with E-state index in [1.54, 1.807) is 6.92 Å². The van der Waals surface area contributed by atoms with Crippen LogP contribution in [-0.4, -0.2) is 30.3 Å².